The Kier molecular flexibility index (Phi) is 5.46. The number of carbonyl (C=O) groups excluding carboxylic acids is 1. The fourth-order valence-electron chi connectivity index (χ4n) is 3.40. The normalized spacial score (nSPS) is 18.0. The number of carbonyl (C=O) groups is 1. The summed E-state index contributed by atoms with van der Waals surface area (Å²) in [7, 11) is 1.44. The summed E-state index contributed by atoms with van der Waals surface area (Å²) in [5.74, 6) is 0.0444. The lowest BCUT2D eigenvalue weighted by Gasteiger charge is -2.31. The minimum Gasteiger partial charge on any atom is -0.375 e. The van der Waals surface area contributed by atoms with Crippen LogP contribution in [0.5, 0.6) is 0 Å². The minimum atomic E-state index is -0.344. The first-order valence-corrected chi connectivity index (χ1v) is 9.44. The molecule has 0 unspecified atom stereocenters. The monoisotopic (exact) mass is 415 g/mol. The van der Waals surface area contributed by atoms with Crippen LogP contribution in [0.4, 0.5) is 16.3 Å². The van der Waals surface area contributed by atoms with Gasteiger partial charge in [0.25, 0.3) is 11.9 Å². The average molecular weight is 416 g/mol. The van der Waals surface area contributed by atoms with Gasteiger partial charge >= 0.3 is 0 Å². The molecular weight excluding hydrogens is 397 g/mol. The van der Waals surface area contributed by atoms with E-state index in [1.54, 1.807) is 16.8 Å². The number of nitrogens with zero attached hydrogens (tertiary/aromatic N) is 3. The van der Waals surface area contributed by atoms with Gasteiger partial charge < -0.3 is 10.1 Å². The van der Waals surface area contributed by atoms with Gasteiger partial charge in [-0.05, 0) is 41.8 Å². The molecule has 3 aromatic rings. The van der Waals surface area contributed by atoms with E-state index in [0.717, 1.165) is 11.1 Å². The quantitative estimate of drug-likeness (QED) is 0.662. The lowest BCUT2D eigenvalue weighted by Crippen LogP contribution is -2.28. The van der Waals surface area contributed by atoms with Crippen molar-refractivity contribution in [3.8, 4) is 0 Å². The topological polar surface area (TPSA) is 81.1 Å². The molecule has 9 heteroatoms. The van der Waals surface area contributed by atoms with E-state index < -0.39 is 0 Å². The van der Waals surface area contributed by atoms with E-state index in [-0.39, 0.29) is 36.4 Å². The zero-order chi connectivity index (χ0) is 20.4. The van der Waals surface area contributed by atoms with Crippen molar-refractivity contribution >= 4 is 29.4 Å². The molecule has 29 heavy (non-hydrogen) atoms. The van der Waals surface area contributed by atoms with E-state index in [9.17, 15) is 9.18 Å². The Morgan fingerprint density at radius 3 is 2.62 bits per heavy atom. The molecule has 2 atom stereocenters. The van der Waals surface area contributed by atoms with Crippen molar-refractivity contribution in [1.82, 2.24) is 14.8 Å². The summed E-state index contributed by atoms with van der Waals surface area (Å²) in [6.07, 6.45) is 0.662. The number of hydrogen-bond acceptors (Lipinski definition) is 5. The second-order valence-corrected chi connectivity index (χ2v) is 7.17. The molecule has 1 aliphatic heterocycles. The molecule has 0 radical (unpaired) electrons. The molecule has 0 aliphatic carbocycles. The largest absolute Gasteiger partial charge is 0.375 e. The molecule has 0 bridgehead atoms. The first-order chi connectivity index (χ1) is 14.0. The maximum atomic E-state index is 13.4. The van der Waals surface area contributed by atoms with Gasteiger partial charge in [-0.2, -0.15) is 4.98 Å². The molecule has 2 N–H and O–H groups in total. The van der Waals surface area contributed by atoms with Gasteiger partial charge in [0.15, 0.2) is 0 Å². The Balaban J connectivity index is 1.69. The van der Waals surface area contributed by atoms with Gasteiger partial charge in [0.1, 0.15) is 12.4 Å². The number of aromatic nitrogens is 3. The number of halogens is 2. The van der Waals surface area contributed by atoms with Crippen LogP contribution in [-0.4, -0.2) is 34.4 Å². The van der Waals surface area contributed by atoms with Crippen LogP contribution >= 0.6 is 11.6 Å². The number of benzene rings is 2. The smallest absolute Gasteiger partial charge is 0.252 e. The van der Waals surface area contributed by atoms with Crippen LogP contribution in [-0.2, 0) is 9.53 Å². The Hall–Kier alpha value is -2.97. The zero-order valence-corrected chi connectivity index (χ0v) is 16.4. The van der Waals surface area contributed by atoms with Crippen LogP contribution in [0.2, 0.25) is 5.02 Å². The molecule has 4 rings (SSSR count). The molecule has 0 fully saturated rings. The summed E-state index contributed by atoms with van der Waals surface area (Å²) in [5, 5.41) is 11.1. The number of methoxy groups -OCH3 is 1. The maximum Gasteiger partial charge on any atom is 0.252 e. The van der Waals surface area contributed by atoms with Gasteiger partial charge in [-0.1, -0.05) is 35.9 Å². The number of hydrogen-bond donors (Lipinski definition) is 2. The summed E-state index contributed by atoms with van der Waals surface area (Å²) in [6.45, 7) is -0.0912. The zero-order valence-electron chi connectivity index (χ0n) is 15.6. The summed E-state index contributed by atoms with van der Waals surface area (Å²) >= 11 is 6.02. The second kappa shape index (κ2) is 8.18. The van der Waals surface area contributed by atoms with E-state index in [1.807, 2.05) is 24.3 Å². The lowest BCUT2D eigenvalue weighted by molar-refractivity contribution is -0.119. The molecule has 1 amide bonds. The standard InChI is InChI=1S/C20H19ClFN5O2/c1-29-11-18(28)24-19-25-20-23-16(12-2-6-14(21)7-3-12)10-17(27(20)26-19)13-4-8-15(22)9-5-13/h2-9,16-17H,10-11H2,1H3,(H2,23,24,25,26,28)/t16-,17-/m1/s1. The predicted octanol–water partition coefficient (Wildman–Crippen LogP) is 3.80. The Bertz CT molecular complexity index is 1010. The highest BCUT2D eigenvalue weighted by Gasteiger charge is 2.31. The molecule has 0 saturated carbocycles. The Morgan fingerprint density at radius 1 is 1.24 bits per heavy atom. The summed E-state index contributed by atoms with van der Waals surface area (Å²) in [5.41, 5.74) is 1.94. The van der Waals surface area contributed by atoms with Gasteiger partial charge in [0, 0.05) is 12.1 Å². The fraction of sp³-hybridized carbons (Fsp3) is 0.250. The van der Waals surface area contributed by atoms with Gasteiger partial charge in [-0.3, -0.25) is 10.1 Å². The summed E-state index contributed by atoms with van der Waals surface area (Å²) in [4.78, 5) is 16.2. The fourth-order valence-corrected chi connectivity index (χ4v) is 3.52. The Labute approximate surface area is 171 Å². The third kappa shape index (κ3) is 4.23. The maximum absolute atomic E-state index is 13.4. The molecule has 1 aromatic heterocycles. The highest BCUT2D eigenvalue weighted by Crippen LogP contribution is 2.38. The van der Waals surface area contributed by atoms with E-state index in [0.29, 0.717) is 17.4 Å². The molecule has 7 nitrogen and oxygen atoms in total. The number of rotatable bonds is 5. The van der Waals surface area contributed by atoms with Crippen molar-refractivity contribution in [2.45, 2.75) is 18.5 Å². The van der Waals surface area contributed by atoms with Gasteiger partial charge in [0.05, 0.1) is 12.1 Å². The van der Waals surface area contributed by atoms with Crippen molar-refractivity contribution in [2.24, 2.45) is 0 Å². The number of fused-ring (bicyclic) bond motifs is 1. The van der Waals surface area contributed by atoms with Crippen molar-refractivity contribution in [3.63, 3.8) is 0 Å². The van der Waals surface area contributed by atoms with Crippen LogP contribution < -0.4 is 10.6 Å². The molecule has 150 valence electrons. The van der Waals surface area contributed by atoms with Gasteiger partial charge in [0.2, 0.25) is 5.95 Å². The SMILES string of the molecule is COCC(=O)Nc1nc2n(n1)[C@@H](c1ccc(F)cc1)C[C@H](c1ccc(Cl)cc1)N2. The molecule has 2 heterocycles. The van der Waals surface area contributed by atoms with E-state index >= 15 is 0 Å². The van der Waals surface area contributed by atoms with Crippen molar-refractivity contribution < 1.29 is 13.9 Å². The Morgan fingerprint density at radius 2 is 1.93 bits per heavy atom. The first kappa shape index (κ1) is 19.4. The van der Waals surface area contributed by atoms with Crippen molar-refractivity contribution in [2.75, 3.05) is 24.4 Å². The van der Waals surface area contributed by atoms with Gasteiger partial charge in [-0.25, -0.2) is 9.07 Å². The van der Waals surface area contributed by atoms with Crippen LogP contribution in [0, 0.1) is 5.82 Å². The predicted molar refractivity (Wildman–Crippen MR) is 107 cm³/mol. The highest BCUT2D eigenvalue weighted by atomic mass is 35.5. The summed E-state index contributed by atoms with van der Waals surface area (Å²) < 4.78 is 20.0. The van der Waals surface area contributed by atoms with E-state index in [4.69, 9.17) is 16.3 Å². The summed E-state index contributed by atoms with van der Waals surface area (Å²) in [6, 6.07) is 13.7. The molecular formula is C20H19ClFN5O2. The average Bonchev–Trinajstić information content (AvgIpc) is 3.11. The lowest BCUT2D eigenvalue weighted by atomic mass is 9.93. The molecule has 0 saturated heterocycles. The highest BCUT2D eigenvalue weighted by molar-refractivity contribution is 6.30. The van der Waals surface area contributed by atoms with Crippen LogP contribution in [0.1, 0.15) is 29.6 Å². The van der Waals surface area contributed by atoms with Crippen LogP contribution in [0.15, 0.2) is 48.5 Å². The third-order valence-corrected chi connectivity index (χ3v) is 4.99. The second-order valence-electron chi connectivity index (χ2n) is 6.74. The first-order valence-electron chi connectivity index (χ1n) is 9.06. The van der Waals surface area contributed by atoms with E-state index in [2.05, 4.69) is 20.7 Å². The van der Waals surface area contributed by atoms with Gasteiger partial charge in [-0.15, -0.1) is 5.10 Å². The third-order valence-electron chi connectivity index (χ3n) is 4.74. The van der Waals surface area contributed by atoms with Crippen LogP contribution in [0.25, 0.3) is 0 Å². The number of anilines is 2. The molecule has 1 aliphatic rings. The number of nitrogens with one attached hydrogen (secondary N) is 2. The number of ether oxygens (including phenoxy) is 1. The van der Waals surface area contributed by atoms with Crippen molar-refractivity contribution in [3.05, 3.63) is 70.5 Å². The van der Waals surface area contributed by atoms with E-state index in [1.165, 1.54) is 19.2 Å². The van der Waals surface area contributed by atoms with Crippen molar-refractivity contribution in [1.29, 1.82) is 0 Å². The minimum absolute atomic E-state index is 0.0541. The molecule has 0 spiro atoms. The molecule has 2 aromatic carbocycles. The van der Waals surface area contributed by atoms with Crippen LogP contribution in [0.3, 0.4) is 0 Å². The number of amides is 1.